The Labute approximate surface area is 165 Å². The molecule has 146 valence electrons. The Kier molecular flexibility index (Phi) is 4.19. The van der Waals surface area contributed by atoms with Crippen molar-refractivity contribution in [2.75, 3.05) is 13.7 Å². The van der Waals surface area contributed by atoms with E-state index in [9.17, 15) is 4.79 Å². The minimum Gasteiger partial charge on any atom is -0.497 e. The molecular weight excluding hydrogens is 374 g/mol. The highest BCUT2D eigenvalue weighted by Gasteiger charge is 2.34. The summed E-state index contributed by atoms with van der Waals surface area (Å²) in [5.74, 6) is 1.42. The van der Waals surface area contributed by atoms with Crippen molar-refractivity contribution in [2.24, 2.45) is 0 Å². The first-order valence-corrected chi connectivity index (χ1v) is 9.24. The first-order valence-electron chi connectivity index (χ1n) is 9.24. The highest BCUT2D eigenvalue weighted by Crippen LogP contribution is 2.34. The predicted octanol–water partition coefficient (Wildman–Crippen LogP) is 3.26. The van der Waals surface area contributed by atoms with Gasteiger partial charge in [-0.2, -0.15) is 0 Å². The second-order valence-electron chi connectivity index (χ2n) is 6.80. The molecule has 0 N–H and O–H groups in total. The van der Waals surface area contributed by atoms with Gasteiger partial charge in [-0.3, -0.25) is 4.79 Å². The average Bonchev–Trinajstić information content (AvgIpc) is 3.52. The van der Waals surface area contributed by atoms with Crippen molar-refractivity contribution in [1.29, 1.82) is 0 Å². The fourth-order valence-corrected chi connectivity index (χ4v) is 3.59. The van der Waals surface area contributed by atoms with Crippen molar-refractivity contribution in [2.45, 2.75) is 18.9 Å². The molecular formula is C20H17N5O4. The third-order valence-electron chi connectivity index (χ3n) is 5.06. The van der Waals surface area contributed by atoms with E-state index in [0.29, 0.717) is 40.7 Å². The van der Waals surface area contributed by atoms with E-state index in [-0.39, 0.29) is 11.9 Å². The molecule has 1 aliphatic heterocycles. The molecule has 4 aromatic rings. The molecule has 0 spiro atoms. The summed E-state index contributed by atoms with van der Waals surface area (Å²) in [6.07, 6.45) is 1.63. The minimum atomic E-state index is -0.263. The topological polar surface area (TPSA) is 107 Å². The summed E-state index contributed by atoms with van der Waals surface area (Å²) in [4.78, 5) is 14.9. The van der Waals surface area contributed by atoms with Gasteiger partial charge in [0.05, 0.1) is 7.11 Å². The molecule has 2 aromatic carbocycles. The summed E-state index contributed by atoms with van der Waals surface area (Å²) in [6.45, 7) is 0.621. The number of likely N-dealkylation sites (tertiary alicyclic amines) is 1. The van der Waals surface area contributed by atoms with E-state index >= 15 is 0 Å². The lowest BCUT2D eigenvalue weighted by Crippen LogP contribution is -2.30. The summed E-state index contributed by atoms with van der Waals surface area (Å²) in [5, 5.41) is 16.0. The molecule has 1 atom stereocenters. The van der Waals surface area contributed by atoms with Crippen molar-refractivity contribution >= 4 is 16.9 Å². The molecule has 9 nitrogen and oxygen atoms in total. The maximum absolute atomic E-state index is 13.1. The van der Waals surface area contributed by atoms with E-state index in [1.165, 1.54) is 0 Å². The van der Waals surface area contributed by atoms with Crippen LogP contribution in [0.4, 0.5) is 0 Å². The third kappa shape index (κ3) is 3.10. The highest BCUT2D eigenvalue weighted by molar-refractivity contribution is 5.97. The predicted molar refractivity (Wildman–Crippen MR) is 101 cm³/mol. The molecule has 2 aromatic heterocycles. The maximum atomic E-state index is 13.1. The van der Waals surface area contributed by atoms with Crippen LogP contribution in [0, 0.1) is 0 Å². The number of ether oxygens (including phenoxy) is 1. The monoisotopic (exact) mass is 391 g/mol. The smallest absolute Gasteiger partial charge is 0.254 e. The van der Waals surface area contributed by atoms with Gasteiger partial charge >= 0.3 is 0 Å². The van der Waals surface area contributed by atoms with Crippen LogP contribution >= 0.6 is 0 Å². The van der Waals surface area contributed by atoms with E-state index in [1.807, 2.05) is 24.3 Å². The largest absolute Gasteiger partial charge is 0.497 e. The molecule has 0 bridgehead atoms. The number of rotatable bonds is 4. The third-order valence-corrected chi connectivity index (χ3v) is 5.06. The molecule has 1 saturated heterocycles. The van der Waals surface area contributed by atoms with E-state index in [0.717, 1.165) is 18.4 Å². The van der Waals surface area contributed by atoms with E-state index in [2.05, 4.69) is 20.5 Å². The van der Waals surface area contributed by atoms with Crippen LogP contribution in [0.1, 0.15) is 35.1 Å². The molecule has 3 heterocycles. The normalized spacial score (nSPS) is 16.4. The van der Waals surface area contributed by atoms with Crippen molar-refractivity contribution in [3.63, 3.8) is 0 Å². The van der Waals surface area contributed by atoms with Gasteiger partial charge in [-0.05, 0) is 59.6 Å². The summed E-state index contributed by atoms with van der Waals surface area (Å²) in [6, 6.07) is 12.3. The lowest BCUT2D eigenvalue weighted by molar-refractivity contribution is 0.0716. The van der Waals surface area contributed by atoms with Crippen molar-refractivity contribution in [1.82, 2.24) is 25.4 Å². The van der Waals surface area contributed by atoms with Gasteiger partial charge in [-0.1, -0.05) is 6.07 Å². The zero-order valence-electron chi connectivity index (χ0n) is 15.6. The SMILES string of the molecule is COc1cccc(-c2nnc(C3CCCN3C(=O)c3ccc4nonc4c3)o2)c1. The van der Waals surface area contributed by atoms with Gasteiger partial charge in [0.2, 0.25) is 11.8 Å². The van der Waals surface area contributed by atoms with E-state index < -0.39 is 0 Å². The van der Waals surface area contributed by atoms with Gasteiger partial charge in [0.25, 0.3) is 5.91 Å². The van der Waals surface area contributed by atoms with Crippen LogP contribution in [-0.2, 0) is 0 Å². The Hall–Kier alpha value is -3.75. The van der Waals surface area contributed by atoms with Crippen LogP contribution in [0.25, 0.3) is 22.5 Å². The van der Waals surface area contributed by atoms with E-state index in [4.69, 9.17) is 13.8 Å². The number of fused-ring (bicyclic) bond motifs is 1. The number of nitrogens with zero attached hydrogens (tertiary/aromatic N) is 5. The molecule has 5 rings (SSSR count). The number of carbonyl (C=O) groups is 1. The Balaban J connectivity index is 1.42. The van der Waals surface area contributed by atoms with Crippen LogP contribution in [-0.4, -0.2) is 45.0 Å². The van der Waals surface area contributed by atoms with Crippen LogP contribution in [0.3, 0.4) is 0 Å². The molecule has 29 heavy (non-hydrogen) atoms. The van der Waals surface area contributed by atoms with Gasteiger partial charge in [0.1, 0.15) is 22.8 Å². The number of amides is 1. The van der Waals surface area contributed by atoms with Gasteiger partial charge in [0, 0.05) is 17.7 Å². The van der Waals surface area contributed by atoms with E-state index in [1.54, 1.807) is 30.2 Å². The number of aromatic nitrogens is 4. The summed E-state index contributed by atoms with van der Waals surface area (Å²) < 4.78 is 15.9. The van der Waals surface area contributed by atoms with Crippen LogP contribution < -0.4 is 4.74 Å². The molecule has 1 fully saturated rings. The molecule has 0 aliphatic carbocycles. The lowest BCUT2D eigenvalue weighted by atomic mass is 10.1. The van der Waals surface area contributed by atoms with Crippen molar-refractivity contribution < 1.29 is 18.6 Å². The Morgan fingerprint density at radius 2 is 2.03 bits per heavy atom. The summed E-state index contributed by atoms with van der Waals surface area (Å²) in [7, 11) is 1.60. The number of methoxy groups -OCH3 is 1. The van der Waals surface area contributed by atoms with Crippen LogP contribution in [0.15, 0.2) is 51.5 Å². The standard InChI is InChI=1S/C20H17N5O4/c1-27-14-5-2-4-12(10-14)18-21-22-19(28-18)17-6-3-9-25(17)20(26)13-7-8-15-16(11-13)24-29-23-15/h2,4-5,7-8,10-11,17H,3,6,9H2,1H3. The van der Waals surface area contributed by atoms with Gasteiger partial charge in [-0.25, -0.2) is 4.63 Å². The number of benzene rings is 2. The van der Waals surface area contributed by atoms with Crippen molar-refractivity contribution in [3.8, 4) is 17.2 Å². The molecule has 0 saturated carbocycles. The van der Waals surface area contributed by atoms with Crippen molar-refractivity contribution in [3.05, 3.63) is 53.9 Å². The first kappa shape index (κ1) is 17.4. The maximum Gasteiger partial charge on any atom is 0.254 e. The summed E-state index contributed by atoms with van der Waals surface area (Å²) in [5.41, 5.74) is 2.44. The zero-order chi connectivity index (χ0) is 19.8. The highest BCUT2D eigenvalue weighted by atomic mass is 16.6. The van der Waals surface area contributed by atoms with Crippen LogP contribution in [0.5, 0.6) is 5.75 Å². The first-order chi connectivity index (χ1) is 14.2. The molecule has 1 unspecified atom stereocenters. The number of hydrogen-bond acceptors (Lipinski definition) is 8. The quantitative estimate of drug-likeness (QED) is 0.522. The number of hydrogen-bond donors (Lipinski definition) is 0. The molecule has 1 amide bonds. The van der Waals surface area contributed by atoms with Gasteiger partial charge in [0.15, 0.2) is 0 Å². The average molecular weight is 391 g/mol. The number of carbonyl (C=O) groups excluding carboxylic acids is 1. The Bertz CT molecular complexity index is 1180. The Morgan fingerprint density at radius 3 is 2.93 bits per heavy atom. The zero-order valence-corrected chi connectivity index (χ0v) is 15.6. The van der Waals surface area contributed by atoms with Gasteiger partial charge in [-0.15, -0.1) is 10.2 Å². The van der Waals surface area contributed by atoms with Crippen LogP contribution in [0.2, 0.25) is 0 Å². The summed E-state index contributed by atoms with van der Waals surface area (Å²) >= 11 is 0. The van der Waals surface area contributed by atoms with Gasteiger partial charge < -0.3 is 14.1 Å². The molecule has 9 heteroatoms. The lowest BCUT2D eigenvalue weighted by Gasteiger charge is -2.22. The molecule has 1 aliphatic rings. The second kappa shape index (κ2) is 7.01. The molecule has 0 radical (unpaired) electrons. The fourth-order valence-electron chi connectivity index (χ4n) is 3.59. The fraction of sp³-hybridized carbons (Fsp3) is 0.250. The second-order valence-corrected chi connectivity index (χ2v) is 6.80. The Morgan fingerprint density at radius 1 is 1.14 bits per heavy atom. The minimum absolute atomic E-state index is 0.112.